The van der Waals surface area contributed by atoms with Crippen LogP contribution in [0, 0.1) is 0 Å². The summed E-state index contributed by atoms with van der Waals surface area (Å²) in [5.41, 5.74) is 1.99. The van der Waals surface area contributed by atoms with E-state index < -0.39 is 17.6 Å². The maximum Gasteiger partial charge on any atom is 0.336 e. The van der Waals surface area contributed by atoms with E-state index in [0.717, 1.165) is 16.7 Å². The molecule has 0 aliphatic carbocycles. The number of rotatable bonds is 10. The predicted octanol–water partition coefficient (Wildman–Crippen LogP) is 5.03. The van der Waals surface area contributed by atoms with Crippen molar-refractivity contribution in [2.24, 2.45) is 4.99 Å². The quantitative estimate of drug-likeness (QED) is 0.329. The number of carboxylic acid groups (broad SMARTS) is 1. The molecule has 0 fully saturated rings. The zero-order chi connectivity index (χ0) is 24.0. The number of carboxylic acids is 1. The van der Waals surface area contributed by atoms with Crippen LogP contribution >= 0.6 is 0 Å². The minimum atomic E-state index is -1.51. The molecule has 2 atom stereocenters. The van der Waals surface area contributed by atoms with Crippen molar-refractivity contribution in [1.29, 1.82) is 0 Å². The van der Waals surface area contributed by atoms with Crippen LogP contribution in [0.1, 0.15) is 30.1 Å². The minimum absolute atomic E-state index is 0.0665. The van der Waals surface area contributed by atoms with Crippen molar-refractivity contribution < 1.29 is 24.5 Å². The molecule has 0 aromatic heterocycles. The van der Waals surface area contributed by atoms with Crippen LogP contribution in [0.5, 0.6) is 5.75 Å². The molecule has 1 aliphatic rings. The van der Waals surface area contributed by atoms with E-state index >= 15 is 0 Å². The Morgan fingerprint density at radius 1 is 1.00 bits per heavy atom. The van der Waals surface area contributed by atoms with Crippen molar-refractivity contribution in [2.75, 3.05) is 13.2 Å². The van der Waals surface area contributed by atoms with Gasteiger partial charge in [0.15, 0.2) is 6.10 Å². The summed E-state index contributed by atoms with van der Waals surface area (Å²) in [4.78, 5) is 17.1. The summed E-state index contributed by atoms with van der Waals surface area (Å²) in [6.07, 6.45) is 1.43. The van der Waals surface area contributed by atoms with Crippen LogP contribution in [-0.2, 0) is 9.53 Å². The fraction of sp³-hybridized carbons (Fsp3) is 0.214. The SMILES string of the molecule is C=CC[C@@]1(C(=O)O)N=C(c2ccc(OCCCO)cc2)O[C@@H]1c1ccc(-c2ccccc2)cc1. The Hall–Kier alpha value is -3.90. The third-order valence-corrected chi connectivity index (χ3v) is 5.78. The summed E-state index contributed by atoms with van der Waals surface area (Å²) in [6, 6.07) is 24.8. The number of carbonyl (C=O) groups is 1. The molecule has 1 heterocycles. The number of aliphatic hydroxyl groups excluding tert-OH is 1. The smallest absolute Gasteiger partial charge is 0.336 e. The first-order valence-corrected chi connectivity index (χ1v) is 11.2. The predicted molar refractivity (Wildman–Crippen MR) is 131 cm³/mol. The van der Waals surface area contributed by atoms with E-state index in [9.17, 15) is 9.90 Å². The van der Waals surface area contributed by atoms with Crippen LogP contribution in [0.15, 0.2) is 96.5 Å². The van der Waals surface area contributed by atoms with Crippen molar-refractivity contribution in [3.8, 4) is 16.9 Å². The number of aliphatic imine (C=N–C) groups is 1. The molecular formula is C28H27NO5. The highest BCUT2D eigenvalue weighted by Crippen LogP contribution is 2.43. The molecular weight excluding hydrogens is 430 g/mol. The fourth-order valence-electron chi connectivity index (χ4n) is 4.00. The Balaban J connectivity index is 1.63. The third-order valence-electron chi connectivity index (χ3n) is 5.78. The summed E-state index contributed by atoms with van der Waals surface area (Å²) in [5, 5.41) is 19.1. The van der Waals surface area contributed by atoms with Crippen molar-refractivity contribution >= 4 is 11.9 Å². The van der Waals surface area contributed by atoms with Gasteiger partial charge in [0.25, 0.3) is 0 Å². The zero-order valence-electron chi connectivity index (χ0n) is 18.8. The monoisotopic (exact) mass is 457 g/mol. The van der Waals surface area contributed by atoms with Gasteiger partial charge >= 0.3 is 5.97 Å². The van der Waals surface area contributed by atoms with Crippen molar-refractivity contribution in [2.45, 2.75) is 24.5 Å². The highest BCUT2D eigenvalue weighted by molar-refractivity contribution is 5.99. The molecule has 34 heavy (non-hydrogen) atoms. The van der Waals surface area contributed by atoms with Crippen molar-refractivity contribution in [1.82, 2.24) is 0 Å². The van der Waals surface area contributed by atoms with Gasteiger partial charge in [-0.15, -0.1) is 6.58 Å². The molecule has 0 amide bonds. The summed E-state index contributed by atoms with van der Waals surface area (Å²) < 4.78 is 11.8. The lowest BCUT2D eigenvalue weighted by Gasteiger charge is -2.26. The van der Waals surface area contributed by atoms with Crippen LogP contribution in [0.2, 0.25) is 0 Å². The lowest BCUT2D eigenvalue weighted by Crippen LogP contribution is -2.40. The van der Waals surface area contributed by atoms with E-state index in [2.05, 4.69) is 11.6 Å². The number of hydrogen-bond acceptors (Lipinski definition) is 5. The molecule has 3 aromatic rings. The number of aliphatic carboxylic acids is 1. The minimum Gasteiger partial charge on any atom is -0.494 e. The number of nitrogens with zero attached hydrogens (tertiary/aromatic N) is 1. The average Bonchev–Trinajstić information content (AvgIpc) is 3.26. The molecule has 0 saturated heterocycles. The Bertz CT molecular complexity index is 1160. The van der Waals surface area contributed by atoms with E-state index in [1.54, 1.807) is 30.3 Å². The average molecular weight is 458 g/mol. The van der Waals surface area contributed by atoms with E-state index in [4.69, 9.17) is 14.6 Å². The summed E-state index contributed by atoms with van der Waals surface area (Å²) in [7, 11) is 0. The highest BCUT2D eigenvalue weighted by atomic mass is 16.5. The van der Waals surface area contributed by atoms with Gasteiger partial charge < -0.3 is 19.7 Å². The molecule has 0 radical (unpaired) electrons. The van der Waals surface area contributed by atoms with Crippen LogP contribution in [-0.4, -0.2) is 40.8 Å². The van der Waals surface area contributed by atoms with Gasteiger partial charge in [0.1, 0.15) is 5.75 Å². The topological polar surface area (TPSA) is 88.4 Å². The lowest BCUT2D eigenvalue weighted by molar-refractivity contribution is -0.146. The Labute approximate surface area is 198 Å². The normalized spacial score (nSPS) is 19.2. The second-order valence-corrected chi connectivity index (χ2v) is 8.08. The van der Waals surface area contributed by atoms with Gasteiger partial charge in [-0.3, -0.25) is 0 Å². The Kier molecular flexibility index (Phi) is 7.09. The zero-order valence-corrected chi connectivity index (χ0v) is 18.8. The van der Waals surface area contributed by atoms with Crippen LogP contribution in [0.25, 0.3) is 11.1 Å². The summed E-state index contributed by atoms with van der Waals surface area (Å²) in [6.45, 7) is 4.23. The number of hydrogen-bond donors (Lipinski definition) is 2. The summed E-state index contributed by atoms with van der Waals surface area (Å²) in [5.74, 6) is -0.147. The Morgan fingerprint density at radius 3 is 2.26 bits per heavy atom. The van der Waals surface area contributed by atoms with Crippen molar-refractivity contribution in [3.63, 3.8) is 0 Å². The third kappa shape index (κ3) is 4.72. The van der Waals surface area contributed by atoms with Crippen LogP contribution < -0.4 is 4.74 Å². The largest absolute Gasteiger partial charge is 0.494 e. The molecule has 0 bridgehead atoms. The molecule has 3 aromatic carbocycles. The molecule has 6 heteroatoms. The van der Waals surface area contributed by atoms with Gasteiger partial charge in [0.2, 0.25) is 11.4 Å². The molecule has 0 spiro atoms. The molecule has 0 saturated carbocycles. The van der Waals surface area contributed by atoms with Gasteiger partial charge in [-0.05, 0) is 41.0 Å². The number of ether oxygens (including phenoxy) is 2. The maximum atomic E-state index is 12.5. The molecule has 6 nitrogen and oxygen atoms in total. The first-order valence-electron chi connectivity index (χ1n) is 11.2. The molecule has 1 aliphatic heterocycles. The number of aliphatic hydroxyl groups is 1. The van der Waals surface area contributed by atoms with E-state index in [-0.39, 0.29) is 18.9 Å². The summed E-state index contributed by atoms with van der Waals surface area (Å²) >= 11 is 0. The van der Waals surface area contributed by atoms with Gasteiger partial charge in [-0.25, -0.2) is 9.79 Å². The van der Waals surface area contributed by atoms with Gasteiger partial charge in [0, 0.05) is 25.0 Å². The first-order chi connectivity index (χ1) is 16.6. The van der Waals surface area contributed by atoms with Crippen LogP contribution in [0.4, 0.5) is 0 Å². The molecule has 4 rings (SSSR count). The fourth-order valence-corrected chi connectivity index (χ4v) is 4.00. The molecule has 174 valence electrons. The second kappa shape index (κ2) is 10.4. The van der Waals surface area contributed by atoms with Crippen molar-refractivity contribution in [3.05, 3.63) is 103 Å². The van der Waals surface area contributed by atoms with Crippen LogP contribution in [0.3, 0.4) is 0 Å². The standard InChI is InChI=1S/C28H27NO5/c1-2-17-28(27(31)32)25(22-11-9-21(10-12-22)20-7-4-3-5-8-20)34-26(29-28)23-13-15-24(16-14-23)33-19-6-18-30/h2-5,7-16,25,30H,1,6,17-19H2,(H,31,32)/t25-,28-/m1/s1. The second-order valence-electron chi connectivity index (χ2n) is 8.08. The Morgan fingerprint density at radius 2 is 1.65 bits per heavy atom. The first kappa shape index (κ1) is 23.3. The van der Waals surface area contributed by atoms with Gasteiger partial charge in [0.05, 0.1) is 6.61 Å². The lowest BCUT2D eigenvalue weighted by atomic mass is 9.85. The van der Waals surface area contributed by atoms with Gasteiger partial charge in [-0.1, -0.05) is 60.7 Å². The molecule has 2 N–H and O–H groups in total. The van der Waals surface area contributed by atoms with Gasteiger partial charge in [-0.2, -0.15) is 0 Å². The van der Waals surface area contributed by atoms with E-state index in [0.29, 0.717) is 24.3 Å². The van der Waals surface area contributed by atoms with E-state index in [1.807, 2.05) is 54.6 Å². The number of benzene rings is 3. The molecule has 0 unspecified atom stereocenters. The highest BCUT2D eigenvalue weighted by Gasteiger charge is 2.52. The maximum absolute atomic E-state index is 12.5. The van der Waals surface area contributed by atoms with E-state index in [1.165, 1.54) is 0 Å².